The van der Waals surface area contributed by atoms with Gasteiger partial charge in [0.05, 0.1) is 37.8 Å². The number of amides is 8. The van der Waals surface area contributed by atoms with E-state index in [1.807, 2.05) is 11.8 Å². The molecule has 0 aromatic rings. The predicted octanol–water partition coefficient (Wildman–Crippen LogP) is -2.53. The molecule has 20 heteroatoms. The van der Waals surface area contributed by atoms with E-state index in [4.69, 9.17) is 21.6 Å². The van der Waals surface area contributed by atoms with Crippen molar-refractivity contribution in [1.29, 1.82) is 5.41 Å². The molecular formula is C32H55N11O8S. The number of ether oxygens (including phenoxy) is 1. The number of thioether (sulfide) groups is 1. The van der Waals surface area contributed by atoms with Crippen molar-refractivity contribution < 1.29 is 38.3 Å². The van der Waals surface area contributed by atoms with Gasteiger partial charge in [0.25, 0.3) is 0 Å². The Hall–Kier alpha value is -4.17. The maximum absolute atomic E-state index is 13.0. The average Bonchev–Trinajstić information content (AvgIpc) is 3.82. The average molecular weight is 754 g/mol. The topological polar surface area (TPSA) is 292 Å². The largest absolute Gasteiger partial charge is 0.379 e. The highest BCUT2D eigenvalue weighted by molar-refractivity contribution is 8.00. The molecule has 19 nitrogen and oxygen atoms in total. The molecule has 0 radical (unpaired) electrons. The van der Waals surface area contributed by atoms with Gasteiger partial charge in [0.1, 0.15) is 18.1 Å². The lowest BCUT2D eigenvalue weighted by Gasteiger charge is -2.27. The van der Waals surface area contributed by atoms with Crippen LogP contribution in [0.5, 0.6) is 0 Å². The number of unbranched alkanes of at least 4 members (excludes halogenated alkanes) is 1. The van der Waals surface area contributed by atoms with Crippen LogP contribution in [0.1, 0.15) is 71.6 Å². The highest BCUT2D eigenvalue weighted by atomic mass is 32.2. The van der Waals surface area contributed by atoms with Crippen molar-refractivity contribution in [1.82, 2.24) is 42.1 Å². The number of likely N-dealkylation sites (tertiary alicyclic amines) is 1. The van der Waals surface area contributed by atoms with Crippen LogP contribution in [-0.4, -0.2) is 132 Å². The van der Waals surface area contributed by atoms with Crippen LogP contribution in [0.15, 0.2) is 0 Å². The summed E-state index contributed by atoms with van der Waals surface area (Å²) in [5.41, 5.74) is 11.0. The highest BCUT2D eigenvalue weighted by Gasteiger charge is 2.42. The molecule has 3 fully saturated rings. The summed E-state index contributed by atoms with van der Waals surface area (Å²) in [6, 6.07) is -3.51. The molecule has 7 atom stereocenters. The zero-order valence-corrected chi connectivity index (χ0v) is 30.7. The summed E-state index contributed by atoms with van der Waals surface area (Å²) in [5, 5.41) is 26.4. The van der Waals surface area contributed by atoms with Gasteiger partial charge in [0.15, 0.2) is 5.96 Å². The predicted molar refractivity (Wildman–Crippen MR) is 193 cm³/mol. The second-order valence-corrected chi connectivity index (χ2v) is 14.5. The van der Waals surface area contributed by atoms with Crippen LogP contribution < -0.4 is 48.7 Å². The Kier molecular flexibility index (Phi) is 17.4. The number of hydrogen-bond acceptors (Lipinski definition) is 11. The van der Waals surface area contributed by atoms with Crippen molar-refractivity contribution in [2.24, 2.45) is 11.5 Å². The molecule has 0 aromatic carbocycles. The molecule has 3 aliphatic rings. The van der Waals surface area contributed by atoms with Crippen LogP contribution in [0.25, 0.3) is 0 Å². The molecule has 8 amide bonds. The van der Waals surface area contributed by atoms with Crippen molar-refractivity contribution >= 4 is 59.2 Å². The quantitative estimate of drug-likeness (QED) is 0.0251. The first kappa shape index (κ1) is 42.2. The Balaban J connectivity index is 1.33. The van der Waals surface area contributed by atoms with E-state index in [0.29, 0.717) is 37.5 Å². The fourth-order valence-corrected chi connectivity index (χ4v) is 7.76. The summed E-state index contributed by atoms with van der Waals surface area (Å²) in [5.74, 6) is -2.38. The zero-order chi connectivity index (χ0) is 38.2. The molecule has 3 heterocycles. The molecule has 0 saturated carbocycles. The third-order valence-corrected chi connectivity index (χ3v) is 10.5. The molecule has 292 valence electrons. The van der Waals surface area contributed by atoms with Gasteiger partial charge in [-0.15, -0.1) is 0 Å². The number of hydrogen-bond donors (Lipinski definition) is 10. The second kappa shape index (κ2) is 21.4. The summed E-state index contributed by atoms with van der Waals surface area (Å²) in [6.45, 7) is 4.03. The van der Waals surface area contributed by atoms with Crippen molar-refractivity contribution in [3.05, 3.63) is 0 Å². The molecule has 3 aliphatic heterocycles. The Morgan fingerprint density at radius 1 is 0.981 bits per heavy atom. The number of imide groups is 1. The molecule has 3 rings (SSSR count). The minimum absolute atomic E-state index is 0.00611. The lowest BCUT2D eigenvalue weighted by Crippen LogP contribution is -2.56. The minimum atomic E-state index is -1.14. The Labute approximate surface area is 307 Å². The maximum atomic E-state index is 13.0. The van der Waals surface area contributed by atoms with Crippen LogP contribution in [0.4, 0.5) is 4.79 Å². The Morgan fingerprint density at radius 3 is 2.48 bits per heavy atom. The molecule has 3 saturated heterocycles. The lowest BCUT2D eigenvalue weighted by atomic mass is 10.0. The number of guanidine groups is 1. The molecule has 0 spiro atoms. The fraction of sp³-hybridized carbons (Fsp3) is 0.750. The number of rotatable bonds is 21. The van der Waals surface area contributed by atoms with E-state index in [1.165, 1.54) is 18.7 Å². The number of nitrogens with zero attached hydrogens (tertiary/aromatic N) is 1. The van der Waals surface area contributed by atoms with Gasteiger partial charge in [0.2, 0.25) is 35.4 Å². The molecule has 0 unspecified atom stereocenters. The van der Waals surface area contributed by atoms with Crippen molar-refractivity contribution in [3.63, 3.8) is 0 Å². The number of fused-ring (bicyclic) bond motifs is 1. The van der Waals surface area contributed by atoms with Gasteiger partial charge in [-0.05, 0) is 52.4 Å². The number of carbonyl (C=O) groups is 7. The third-order valence-electron chi connectivity index (χ3n) is 8.98. The van der Waals surface area contributed by atoms with Gasteiger partial charge < -0.3 is 53.0 Å². The monoisotopic (exact) mass is 753 g/mol. The van der Waals surface area contributed by atoms with Gasteiger partial charge in [-0.25, -0.2) is 4.79 Å². The molecule has 0 bridgehead atoms. The first-order valence-electron chi connectivity index (χ1n) is 17.9. The van der Waals surface area contributed by atoms with Crippen molar-refractivity contribution in [2.75, 3.05) is 38.6 Å². The molecule has 52 heavy (non-hydrogen) atoms. The summed E-state index contributed by atoms with van der Waals surface area (Å²) < 4.78 is 5.44. The van der Waals surface area contributed by atoms with Gasteiger partial charge in [-0.2, -0.15) is 11.8 Å². The molecular weight excluding hydrogens is 698 g/mol. The number of nitrogens with one attached hydrogen (secondary N) is 8. The Bertz CT molecular complexity index is 1300. The molecule has 0 aliphatic carbocycles. The van der Waals surface area contributed by atoms with Crippen LogP contribution >= 0.6 is 11.8 Å². The lowest BCUT2D eigenvalue weighted by molar-refractivity contribution is -0.140. The van der Waals surface area contributed by atoms with Gasteiger partial charge in [0, 0.05) is 37.1 Å². The van der Waals surface area contributed by atoms with E-state index in [2.05, 4.69) is 37.2 Å². The Morgan fingerprint density at radius 2 is 1.75 bits per heavy atom. The highest BCUT2D eigenvalue weighted by Crippen LogP contribution is 2.33. The van der Waals surface area contributed by atoms with Gasteiger partial charge >= 0.3 is 6.03 Å². The molecule has 12 N–H and O–H groups in total. The van der Waals surface area contributed by atoms with E-state index < -0.39 is 47.8 Å². The van der Waals surface area contributed by atoms with E-state index in [1.54, 1.807) is 0 Å². The van der Waals surface area contributed by atoms with E-state index in [-0.39, 0.29) is 75.0 Å². The maximum Gasteiger partial charge on any atom is 0.315 e. The van der Waals surface area contributed by atoms with Crippen LogP contribution in [0.3, 0.4) is 0 Å². The third kappa shape index (κ3) is 13.8. The summed E-state index contributed by atoms with van der Waals surface area (Å²) in [7, 11) is 0. The van der Waals surface area contributed by atoms with E-state index in [0.717, 1.165) is 25.0 Å². The van der Waals surface area contributed by atoms with E-state index in [9.17, 15) is 33.6 Å². The van der Waals surface area contributed by atoms with Gasteiger partial charge in [-0.1, -0.05) is 6.42 Å². The minimum Gasteiger partial charge on any atom is -0.379 e. The van der Waals surface area contributed by atoms with Crippen molar-refractivity contribution in [2.45, 2.75) is 113 Å². The first-order valence-corrected chi connectivity index (χ1v) is 18.9. The second-order valence-electron chi connectivity index (χ2n) is 13.2. The van der Waals surface area contributed by atoms with Crippen LogP contribution in [0, 0.1) is 5.41 Å². The smallest absolute Gasteiger partial charge is 0.315 e. The number of carbonyl (C=O) groups excluding carboxylic acids is 7. The number of urea groups is 1. The standard InChI is InChI=1S/C32H55N11O8S/c1-18(33)30(49)43-14-6-8-22(43)29(48)38-19(2)27(46)39-20(7-5-12-37-31(34)35)28(47)41-25(45)11-15-51-16-13-36-24(44)10-4-3-9-23-26-21(17-52-23)40-32(50)42-26/h18-23,26H,3-17,33H2,1-2H3,(H,36,44)(H,38,48)(H,39,46)(H4,34,35,37)(H2,40,42,50)(H,41,45,47)/t18-,19-,20-,21-,22-,23-,26-/m0/s1. The molecule has 0 aromatic heterocycles. The first-order chi connectivity index (χ1) is 24.8. The number of nitrogens with two attached hydrogens (primary N) is 2. The van der Waals surface area contributed by atoms with E-state index >= 15 is 0 Å². The SMILES string of the molecule is C[C@H](N)C(=O)N1CCC[C@H]1C(=O)N[C@@H](C)C(=O)N[C@@H](CCCNC(=N)N)C(=O)NC(=O)CCOCCNC(=O)CCCC[C@@H]1SC[C@@H]2NC(=O)N[C@@H]21. The normalized spacial score (nSPS) is 22.2. The summed E-state index contributed by atoms with van der Waals surface area (Å²) in [4.78, 5) is 89.0. The van der Waals surface area contributed by atoms with Gasteiger partial charge in [-0.3, -0.25) is 39.5 Å². The fourth-order valence-electron chi connectivity index (χ4n) is 6.21. The summed E-state index contributed by atoms with van der Waals surface area (Å²) >= 11 is 1.84. The van der Waals surface area contributed by atoms with Crippen LogP contribution in [-0.2, 0) is 33.5 Å². The van der Waals surface area contributed by atoms with Crippen LogP contribution in [0.2, 0.25) is 0 Å². The zero-order valence-electron chi connectivity index (χ0n) is 29.9. The van der Waals surface area contributed by atoms with Crippen molar-refractivity contribution in [3.8, 4) is 0 Å². The summed E-state index contributed by atoms with van der Waals surface area (Å²) in [6.07, 6.45) is 4.22.